The average Bonchev–Trinajstić information content (AvgIpc) is 2.49. The number of hydrogen-bond donors (Lipinski definition) is 1. The van der Waals surface area contributed by atoms with Crippen molar-refractivity contribution in [3.63, 3.8) is 0 Å². The topological polar surface area (TPSA) is 49.0 Å². The third-order valence-electron chi connectivity index (χ3n) is 4.13. The molecule has 0 radical (unpaired) electrons. The third-order valence-corrected chi connectivity index (χ3v) is 4.13. The van der Waals surface area contributed by atoms with Crippen LogP contribution in [0, 0.1) is 12.7 Å². The lowest BCUT2D eigenvalue weighted by Crippen LogP contribution is -2.35. The Morgan fingerprint density at radius 3 is 3.00 bits per heavy atom. The van der Waals surface area contributed by atoms with Crippen LogP contribution in [0.2, 0.25) is 0 Å². The molecule has 1 aromatic carbocycles. The minimum Gasteiger partial charge on any atom is -0.310 e. The Morgan fingerprint density at radius 1 is 1.41 bits per heavy atom. The summed E-state index contributed by atoms with van der Waals surface area (Å²) >= 11 is 0. The number of benzene rings is 1. The molecule has 0 amide bonds. The molecule has 0 spiro atoms. The summed E-state index contributed by atoms with van der Waals surface area (Å²) in [6.07, 6.45) is 2.02. The number of nitrogens with zero attached hydrogens (tertiary/aromatic N) is 2. The van der Waals surface area contributed by atoms with Crippen molar-refractivity contribution >= 4 is 0 Å². The quantitative estimate of drug-likeness (QED) is 0.948. The molecule has 2 aromatic rings. The van der Waals surface area contributed by atoms with Crippen molar-refractivity contribution in [1.82, 2.24) is 14.9 Å². The van der Waals surface area contributed by atoms with Crippen LogP contribution in [-0.4, -0.2) is 28.0 Å². The second-order valence-corrected chi connectivity index (χ2v) is 5.94. The molecule has 1 aliphatic heterocycles. The van der Waals surface area contributed by atoms with E-state index >= 15 is 0 Å². The van der Waals surface area contributed by atoms with Gasteiger partial charge < -0.3 is 4.98 Å². The molecule has 0 bridgehead atoms. The summed E-state index contributed by atoms with van der Waals surface area (Å²) in [7, 11) is 0. The maximum Gasteiger partial charge on any atom is 0.251 e. The SMILES string of the molecule is Cc1cc(=O)[nH]c([C@@H]2CCCN(Cc3ccccc3F)C2)n1. The Labute approximate surface area is 129 Å². The van der Waals surface area contributed by atoms with Crippen molar-refractivity contribution in [3.8, 4) is 0 Å². The molecule has 1 N–H and O–H groups in total. The predicted octanol–water partition coefficient (Wildman–Crippen LogP) is 2.60. The second kappa shape index (κ2) is 6.40. The lowest BCUT2D eigenvalue weighted by molar-refractivity contribution is 0.194. The molecular formula is C17H20FN3O. The molecule has 1 fully saturated rings. The van der Waals surface area contributed by atoms with E-state index in [2.05, 4.69) is 14.9 Å². The van der Waals surface area contributed by atoms with Gasteiger partial charge in [-0.1, -0.05) is 18.2 Å². The molecule has 22 heavy (non-hydrogen) atoms. The van der Waals surface area contributed by atoms with Crippen LogP contribution in [0.25, 0.3) is 0 Å². The Kier molecular flexibility index (Phi) is 4.34. The highest BCUT2D eigenvalue weighted by Crippen LogP contribution is 2.25. The maximum atomic E-state index is 13.8. The second-order valence-electron chi connectivity index (χ2n) is 5.94. The van der Waals surface area contributed by atoms with E-state index in [-0.39, 0.29) is 17.3 Å². The van der Waals surface area contributed by atoms with Crippen molar-refractivity contribution in [2.24, 2.45) is 0 Å². The van der Waals surface area contributed by atoms with Gasteiger partial charge in [0.05, 0.1) is 0 Å². The first-order valence-electron chi connectivity index (χ1n) is 7.65. The van der Waals surface area contributed by atoms with Crippen molar-refractivity contribution in [2.75, 3.05) is 13.1 Å². The molecule has 0 saturated carbocycles. The lowest BCUT2D eigenvalue weighted by Gasteiger charge is -2.32. The number of rotatable bonds is 3. The van der Waals surface area contributed by atoms with Gasteiger partial charge in [-0.3, -0.25) is 9.69 Å². The van der Waals surface area contributed by atoms with E-state index in [1.807, 2.05) is 19.1 Å². The predicted molar refractivity (Wildman–Crippen MR) is 83.2 cm³/mol. The highest BCUT2D eigenvalue weighted by molar-refractivity contribution is 5.17. The van der Waals surface area contributed by atoms with Gasteiger partial charge >= 0.3 is 0 Å². The van der Waals surface area contributed by atoms with Crippen LogP contribution < -0.4 is 5.56 Å². The number of aryl methyl sites for hydroxylation is 1. The minimum atomic E-state index is -0.160. The van der Waals surface area contributed by atoms with Gasteiger partial charge in [-0.05, 0) is 32.4 Å². The first-order valence-corrected chi connectivity index (χ1v) is 7.65. The molecule has 4 nitrogen and oxygen atoms in total. The number of likely N-dealkylation sites (tertiary alicyclic amines) is 1. The van der Waals surface area contributed by atoms with Crippen molar-refractivity contribution in [2.45, 2.75) is 32.2 Å². The number of hydrogen-bond acceptors (Lipinski definition) is 3. The molecule has 116 valence electrons. The Morgan fingerprint density at radius 2 is 2.23 bits per heavy atom. The highest BCUT2D eigenvalue weighted by atomic mass is 19.1. The van der Waals surface area contributed by atoms with Crippen molar-refractivity contribution < 1.29 is 4.39 Å². The van der Waals surface area contributed by atoms with E-state index in [0.717, 1.165) is 37.4 Å². The Bertz CT molecular complexity index is 713. The zero-order valence-corrected chi connectivity index (χ0v) is 12.7. The van der Waals surface area contributed by atoms with E-state index in [1.54, 1.807) is 6.07 Å². The maximum absolute atomic E-state index is 13.8. The largest absolute Gasteiger partial charge is 0.310 e. The fourth-order valence-electron chi connectivity index (χ4n) is 3.09. The molecule has 0 unspecified atom stereocenters. The lowest BCUT2D eigenvalue weighted by atomic mass is 9.96. The van der Waals surface area contributed by atoms with Gasteiger partial charge in [-0.2, -0.15) is 0 Å². The van der Waals surface area contributed by atoms with Gasteiger partial charge in [0.25, 0.3) is 5.56 Å². The fraction of sp³-hybridized carbons (Fsp3) is 0.412. The Hall–Kier alpha value is -2.01. The number of aromatic amines is 1. The van der Waals surface area contributed by atoms with Gasteiger partial charge in [0.15, 0.2) is 0 Å². The van der Waals surface area contributed by atoms with Crippen LogP contribution in [0.3, 0.4) is 0 Å². The molecule has 1 aliphatic rings. The van der Waals surface area contributed by atoms with E-state index in [0.29, 0.717) is 12.1 Å². The molecule has 1 saturated heterocycles. The number of H-pyrrole nitrogens is 1. The van der Waals surface area contributed by atoms with Crippen LogP contribution in [0.4, 0.5) is 4.39 Å². The summed E-state index contributed by atoms with van der Waals surface area (Å²) in [4.78, 5) is 21.1. The summed E-state index contributed by atoms with van der Waals surface area (Å²) in [6.45, 7) is 4.17. The molecule has 2 heterocycles. The summed E-state index contributed by atoms with van der Waals surface area (Å²) in [6, 6.07) is 8.39. The number of halogens is 1. The zero-order valence-electron chi connectivity index (χ0n) is 12.7. The first kappa shape index (κ1) is 14.9. The van der Waals surface area contributed by atoms with Gasteiger partial charge in [-0.25, -0.2) is 9.37 Å². The van der Waals surface area contributed by atoms with E-state index in [1.165, 1.54) is 12.1 Å². The Balaban J connectivity index is 1.74. The monoisotopic (exact) mass is 301 g/mol. The standard InChI is InChI=1S/C17H20FN3O/c1-12-9-16(22)20-17(19-12)14-6-4-8-21(11-14)10-13-5-2-3-7-15(13)18/h2-3,5,7,9,14H,4,6,8,10-11H2,1H3,(H,19,20,22)/t14-/m1/s1. The number of piperidine rings is 1. The highest BCUT2D eigenvalue weighted by Gasteiger charge is 2.23. The smallest absolute Gasteiger partial charge is 0.251 e. The van der Waals surface area contributed by atoms with Crippen molar-refractivity contribution in [1.29, 1.82) is 0 Å². The summed E-state index contributed by atoms with van der Waals surface area (Å²) in [5.41, 5.74) is 1.35. The minimum absolute atomic E-state index is 0.103. The van der Waals surface area contributed by atoms with Gasteiger partial charge in [0.2, 0.25) is 0 Å². The van der Waals surface area contributed by atoms with E-state index in [4.69, 9.17) is 0 Å². The van der Waals surface area contributed by atoms with Crippen LogP contribution in [0.15, 0.2) is 35.1 Å². The zero-order chi connectivity index (χ0) is 15.5. The number of aromatic nitrogens is 2. The molecule has 1 aromatic heterocycles. The van der Waals surface area contributed by atoms with Crippen LogP contribution >= 0.6 is 0 Å². The average molecular weight is 301 g/mol. The van der Waals surface area contributed by atoms with E-state index < -0.39 is 0 Å². The van der Waals surface area contributed by atoms with Gasteiger partial charge in [-0.15, -0.1) is 0 Å². The molecular weight excluding hydrogens is 281 g/mol. The van der Waals surface area contributed by atoms with Crippen LogP contribution in [-0.2, 0) is 6.54 Å². The third kappa shape index (κ3) is 3.42. The van der Waals surface area contributed by atoms with E-state index in [9.17, 15) is 9.18 Å². The van der Waals surface area contributed by atoms with Crippen LogP contribution in [0.1, 0.15) is 35.8 Å². The molecule has 0 aliphatic carbocycles. The van der Waals surface area contributed by atoms with Gasteiger partial charge in [0, 0.05) is 36.3 Å². The summed E-state index contributed by atoms with van der Waals surface area (Å²) < 4.78 is 13.8. The summed E-state index contributed by atoms with van der Waals surface area (Å²) in [5, 5.41) is 0. The molecule has 3 rings (SSSR count). The fourth-order valence-corrected chi connectivity index (χ4v) is 3.09. The summed E-state index contributed by atoms with van der Waals surface area (Å²) in [5.74, 6) is 0.795. The first-order chi connectivity index (χ1) is 10.6. The molecule has 1 atom stereocenters. The van der Waals surface area contributed by atoms with Crippen LogP contribution in [0.5, 0.6) is 0 Å². The van der Waals surface area contributed by atoms with Crippen molar-refractivity contribution in [3.05, 3.63) is 63.6 Å². The number of nitrogens with one attached hydrogen (secondary N) is 1. The van der Waals surface area contributed by atoms with Gasteiger partial charge in [0.1, 0.15) is 11.6 Å². The molecule has 5 heteroatoms. The normalized spacial score (nSPS) is 19.3.